The molecule has 0 bridgehead atoms. The zero-order valence-electron chi connectivity index (χ0n) is 16.7. The number of alkyl halides is 2. The van der Waals surface area contributed by atoms with Gasteiger partial charge >= 0.3 is 5.92 Å². The zero-order chi connectivity index (χ0) is 22.8. The highest BCUT2D eigenvalue weighted by molar-refractivity contribution is 7.80. The number of oxazole rings is 1. The van der Waals surface area contributed by atoms with Gasteiger partial charge in [0.25, 0.3) is 0 Å². The molecule has 0 saturated carbocycles. The summed E-state index contributed by atoms with van der Waals surface area (Å²) >= 11 is 11.0. The van der Waals surface area contributed by atoms with Gasteiger partial charge < -0.3 is 14.5 Å². The summed E-state index contributed by atoms with van der Waals surface area (Å²) in [6.45, 7) is 3.21. The highest BCUT2D eigenvalue weighted by Crippen LogP contribution is 2.49. The maximum Gasteiger partial charge on any atom is 0.302 e. The lowest BCUT2D eigenvalue weighted by molar-refractivity contribution is -0.216. The first-order valence-electron chi connectivity index (χ1n) is 9.24. The topological polar surface area (TPSA) is 47.3 Å². The van der Waals surface area contributed by atoms with Gasteiger partial charge in [-0.2, -0.15) is 0 Å². The molecule has 10 heteroatoms. The van der Waals surface area contributed by atoms with Gasteiger partial charge in [-0.05, 0) is 45.0 Å². The lowest BCUT2D eigenvalue weighted by Gasteiger charge is -2.44. The van der Waals surface area contributed by atoms with Gasteiger partial charge in [-0.1, -0.05) is 23.8 Å². The van der Waals surface area contributed by atoms with E-state index in [0.717, 1.165) is 13.0 Å². The second-order valence-corrected chi connectivity index (χ2v) is 8.92. The number of thiocarbonyl (C=S) groups is 1. The van der Waals surface area contributed by atoms with Crippen molar-refractivity contribution in [2.45, 2.75) is 37.8 Å². The summed E-state index contributed by atoms with van der Waals surface area (Å²) in [6.07, 6.45) is 0. The number of hydrogen-bond donors (Lipinski definition) is 1. The van der Waals surface area contributed by atoms with Gasteiger partial charge in [0.2, 0.25) is 5.89 Å². The Hall–Kier alpha value is -2.23. The van der Waals surface area contributed by atoms with Crippen molar-refractivity contribution in [1.82, 2.24) is 10.3 Å². The Morgan fingerprint density at radius 3 is 2.52 bits per heavy atom. The zero-order valence-corrected chi connectivity index (χ0v) is 18.2. The van der Waals surface area contributed by atoms with Crippen LogP contribution in [0.15, 0.2) is 34.7 Å². The average Bonchev–Trinajstić information content (AvgIpc) is 3.06. The Kier molecular flexibility index (Phi) is 5.07. The number of fused-ring (bicyclic) bond motifs is 1. The monoisotopic (exact) mass is 472 g/mol. The number of hydrogen-bond acceptors (Lipinski definition) is 4. The van der Waals surface area contributed by atoms with E-state index in [9.17, 15) is 8.78 Å². The molecule has 1 N–H and O–H groups in total. The molecule has 1 fully saturated rings. The summed E-state index contributed by atoms with van der Waals surface area (Å²) in [6, 6.07) is 6.09. The van der Waals surface area contributed by atoms with Crippen molar-refractivity contribution in [3.63, 3.8) is 0 Å². The Balaban J connectivity index is 1.93. The molecule has 0 spiro atoms. The van der Waals surface area contributed by atoms with Crippen LogP contribution in [0, 0.1) is 11.6 Å². The Morgan fingerprint density at radius 2 is 1.81 bits per heavy atom. The van der Waals surface area contributed by atoms with E-state index < -0.39 is 34.3 Å². The Morgan fingerprint density at radius 1 is 1.10 bits per heavy atom. The molecule has 0 aliphatic carbocycles. The number of aromatic nitrogens is 1. The average molecular weight is 473 g/mol. The van der Waals surface area contributed by atoms with Gasteiger partial charge in [0, 0.05) is 16.7 Å². The van der Waals surface area contributed by atoms with Gasteiger partial charge in [0.1, 0.15) is 33.3 Å². The first kappa shape index (κ1) is 22.0. The number of rotatable bonds is 2. The van der Waals surface area contributed by atoms with Gasteiger partial charge in [0.05, 0.1) is 12.2 Å². The normalized spacial score (nSPS) is 22.9. The minimum absolute atomic E-state index is 0.0328. The molecule has 4 rings (SSSR count). The molecule has 2 heterocycles. The minimum Gasteiger partial charge on any atom is -0.436 e. The van der Waals surface area contributed by atoms with Crippen molar-refractivity contribution in [2.75, 3.05) is 6.61 Å². The fourth-order valence-electron chi connectivity index (χ4n) is 3.68. The second kappa shape index (κ2) is 7.15. The number of nitrogens with zero attached hydrogens (tertiary/aromatic N) is 1. The van der Waals surface area contributed by atoms with Crippen LogP contribution in [0.25, 0.3) is 22.6 Å². The van der Waals surface area contributed by atoms with Crippen molar-refractivity contribution in [2.24, 2.45) is 0 Å². The second-order valence-electron chi connectivity index (χ2n) is 7.99. The van der Waals surface area contributed by atoms with Gasteiger partial charge in [-0.15, -0.1) is 0 Å². The fourth-order valence-corrected chi connectivity index (χ4v) is 4.11. The van der Waals surface area contributed by atoms with Gasteiger partial charge in [0.15, 0.2) is 5.58 Å². The first-order valence-corrected chi connectivity index (χ1v) is 10.0. The summed E-state index contributed by atoms with van der Waals surface area (Å²) in [7, 11) is 0. The van der Waals surface area contributed by atoms with Crippen LogP contribution in [0.2, 0.25) is 5.02 Å². The van der Waals surface area contributed by atoms with Crippen molar-refractivity contribution < 1.29 is 26.7 Å². The van der Waals surface area contributed by atoms with E-state index in [0.29, 0.717) is 22.2 Å². The molecule has 4 nitrogen and oxygen atoms in total. The predicted octanol–water partition coefficient (Wildman–Crippen LogP) is 6.00. The lowest BCUT2D eigenvalue weighted by atomic mass is 9.77. The van der Waals surface area contributed by atoms with E-state index in [1.807, 2.05) is 0 Å². The summed E-state index contributed by atoms with van der Waals surface area (Å²) in [4.78, 5) is 4.14. The molecule has 1 aliphatic heterocycles. The summed E-state index contributed by atoms with van der Waals surface area (Å²) < 4.78 is 71.7. The highest BCUT2D eigenvalue weighted by atomic mass is 35.5. The van der Waals surface area contributed by atoms with Crippen LogP contribution < -0.4 is 5.32 Å². The fraction of sp³-hybridized carbons (Fsp3) is 0.333. The van der Waals surface area contributed by atoms with Crippen molar-refractivity contribution in [1.29, 1.82) is 0 Å². The molecule has 3 aromatic rings. The van der Waals surface area contributed by atoms with E-state index in [1.165, 1.54) is 26.0 Å². The van der Waals surface area contributed by atoms with Crippen LogP contribution in [0.3, 0.4) is 0 Å². The van der Waals surface area contributed by atoms with Crippen molar-refractivity contribution in [3.8, 4) is 11.5 Å². The number of ether oxygens (including phenoxy) is 1. The molecule has 0 amide bonds. The number of halogens is 5. The first-order chi connectivity index (χ1) is 14.4. The smallest absolute Gasteiger partial charge is 0.302 e. The minimum atomic E-state index is -3.65. The molecule has 1 atom stereocenters. The predicted molar refractivity (Wildman–Crippen MR) is 112 cm³/mol. The van der Waals surface area contributed by atoms with Crippen LogP contribution in [-0.2, 0) is 10.3 Å². The van der Waals surface area contributed by atoms with Crippen LogP contribution in [0.5, 0.6) is 0 Å². The van der Waals surface area contributed by atoms with Gasteiger partial charge in [-0.25, -0.2) is 22.5 Å². The molecule has 1 aliphatic rings. The SMILES string of the molecule is CC1(C)OCC(=S)N[C@](C)(c2cc(-c3nc4cc(Cl)ccc4o3)c(F)cc2F)C1(F)F. The summed E-state index contributed by atoms with van der Waals surface area (Å²) in [5.74, 6) is -6.03. The molecule has 1 saturated heterocycles. The quantitative estimate of drug-likeness (QED) is 0.366. The van der Waals surface area contributed by atoms with E-state index in [1.54, 1.807) is 6.07 Å². The number of benzene rings is 2. The third kappa shape index (κ3) is 3.39. The van der Waals surface area contributed by atoms with Crippen molar-refractivity contribution >= 4 is 39.9 Å². The molecule has 2 aromatic carbocycles. The third-order valence-electron chi connectivity index (χ3n) is 5.51. The van der Waals surface area contributed by atoms with Crippen LogP contribution >= 0.6 is 23.8 Å². The number of nitrogens with one attached hydrogen (secondary N) is 1. The van der Waals surface area contributed by atoms with Gasteiger partial charge in [-0.3, -0.25) is 0 Å². The maximum absolute atomic E-state index is 15.6. The Bertz CT molecular complexity index is 1210. The third-order valence-corrected chi connectivity index (χ3v) is 5.97. The van der Waals surface area contributed by atoms with E-state index in [2.05, 4.69) is 10.3 Å². The molecule has 31 heavy (non-hydrogen) atoms. The van der Waals surface area contributed by atoms with Crippen LogP contribution in [0.4, 0.5) is 17.6 Å². The summed E-state index contributed by atoms with van der Waals surface area (Å²) in [5, 5.41) is 2.90. The highest BCUT2D eigenvalue weighted by Gasteiger charge is 2.64. The standard InChI is InChI=1S/C21H17ClF4N2O2S/c1-19(2)21(25,26)20(3,28-17(31)9-29-19)12-7-11(13(23)8-14(12)24)18-27-15-6-10(22)4-5-16(15)30-18/h4-8H,9H2,1-3H3,(H,28,31)/t20-/m1/s1. The molecule has 164 valence electrons. The van der Waals surface area contributed by atoms with E-state index in [4.69, 9.17) is 33.0 Å². The Labute approximate surface area is 185 Å². The molecular formula is C21H17ClF4N2O2S. The molecule has 1 aromatic heterocycles. The van der Waals surface area contributed by atoms with Crippen molar-refractivity contribution in [3.05, 3.63) is 52.6 Å². The van der Waals surface area contributed by atoms with E-state index >= 15 is 8.78 Å². The lowest BCUT2D eigenvalue weighted by Crippen LogP contribution is -2.62. The largest absolute Gasteiger partial charge is 0.436 e. The van der Waals surface area contributed by atoms with Crippen LogP contribution in [-0.4, -0.2) is 28.1 Å². The molecule has 0 unspecified atom stereocenters. The molecular weight excluding hydrogens is 456 g/mol. The maximum atomic E-state index is 15.6. The summed E-state index contributed by atoms with van der Waals surface area (Å²) in [5.41, 5.74) is -4.47. The van der Waals surface area contributed by atoms with Crippen LogP contribution in [0.1, 0.15) is 26.3 Å². The molecule has 0 radical (unpaired) electrons. The van der Waals surface area contributed by atoms with E-state index in [-0.39, 0.29) is 23.0 Å².